The molecule has 4 heteroatoms. The molecule has 10 rings (SSSR count). The van der Waals surface area contributed by atoms with Gasteiger partial charge in [-0.15, -0.1) is 0 Å². The maximum atomic E-state index is 5.26. The number of benzene rings is 7. The number of aromatic nitrogens is 2. The van der Waals surface area contributed by atoms with Crippen molar-refractivity contribution in [2.24, 2.45) is 9.98 Å². The number of hydrogen-bond acceptors (Lipinski definition) is 4. The molecule has 0 bridgehead atoms. The second kappa shape index (κ2) is 20.1. The molecule has 0 atom stereocenters. The zero-order valence-electron chi connectivity index (χ0n) is 37.9. The van der Waals surface area contributed by atoms with Crippen LogP contribution in [-0.4, -0.2) is 22.4 Å². The highest BCUT2D eigenvalue weighted by atomic mass is 14.9. The average molecular weight is 867 g/mol. The van der Waals surface area contributed by atoms with E-state index in [-0.39, 0.29) is 5.41 Å². The van der Waals surface area contributed by atoms with Crippen LogP contribution in [0.15, 0.2) is 234 Å². The smallest absolute Gasteiger partial charge is 0.160 e. The van der Waals surface area contributed by atoms with Gasteiger partial charge in [0.1, 0.15) is 0 Å². The van der Waals surface area contributed by atoms with Crippen LogP contribution < -0.4 is 0 Å². The molecular weight excluding hydrogens is 813 g/mol. The van der Waals surface area contributed by atoms with E-state index in [0.29, 0.717) is 6.54 Å². The van der Waals surface area contributed by atoms with Crippen molar-refractivity contribution in [2.75, 3.05) is 0 Å². The Hall–Kier alpha value is -7.82. The lowest BCUT2D eigenvalue weighted by molar-refractivity contribution is 0.346. The van der Waals surface area contributed by atoms with Crippen LogP contribution >= 0.6 is 0 Å². The van der Waals surface area contributed by atoms with Gasteiger partial charge in [0.25, 0.3) is 0 Å². The van der Waals surface area contributed by atoms with Crippen molar-refractivity contribution in [3.05, 3.63) is 246 Å². The normalized spacial score (nSPS) is 14.9. The van der Waals surface area contributed by atoms with E-state index in [1.165, 1.54) is 47.1 Å². The molecule has 0 amide bonds. The fourth-order valence-electron chi connectivity index (χ4n) is 9.78. The van der Waals surface area contributed by atoms with Crippen LogP contribution in [0.3, 0.4) is 0 Å². The Balaban J connectivity index is 0.938. The first-order valence-corrected chi connectivity index (χ1v) is 23.7. The number of hydrogen-bond donors (Lipinski definition) is 0. The van der Waals surface area contributed by atoms with E-state index >= 15 is 0 Å². The summed E-state index contributed by atoms with van der Waals surface area (Å²) < 4.78 is 0. The van der Waals surface area contributed by atoms with Crippen LogP contribution in [0.1, 0.15) is 67.2 Å². The Kier molecular flexibility index (Phi) is 13.0. The van der Waals surface area contributed by atoms with Crippen LogP contribution in [0.5, 0.6) is 0 Å². The van der Waals surface area contributed by atoms with Gasteiger partial charge in [0.05, 0.1) is 29.3 Å². The van der Waals surface area contributed by atoms with Gasteiger partial charge in [-0.1, -0.05) is 213 Å². The van der Waals surface area contributed by atoms with Crippen LogP contribution in [-0.2, 0) is 12.0 Å². The highest BCUT2D eigenvalue weighted by Gasteiger charge is 2.35. The Morgan fingerprint density at radius 3 is 1.72 bits per heavy atom. The minimum absolute atomic E-state index is 0.0707. The molecule has 326 valence electrons. The van der Waals surface area contributed by atoms with Crippen molar-refractivity contribution in [3.63, 3.8) is 0 Å². The first-order chi connectivity index (χ1) is 33.1. The molecule has 2 aliphatic carbocycles. The minimum atomic E-state index is -0.0707. The molecule has 0 spiro atoms. The van der Waals surface area contributed by atoms with Gasteiger partial charge in [0, 0.05) is 27.7 Å². The maximum absolute atomic E-state index is 5.26. The summed E-state index contributed by atoms with van der Waals surface area (Å²) in [7, 11) is 0. The Bertz CT molecular complexity index is 3100. The minimum Gasteiger partial charge on any atom is -0.280 e. The molecule has 1 aromatic heterocycles. The highest BCUT2D eigenvalue weighted by molar-refractivity contribution is 6.14. The number of allylic oxidation sites excluding steroid dienone is 5. The molecule has 67 heavy (non-hydrogen) atoms. The van der Waals surface area contributed by atoms with Crippen LogP contribution in [0.25, 0.3) is 61.9 Å². The predicted octanol–water partition coefficient (Wildman–Crippen LogP) is 16.0. The van der Waals surface area contributed by atoms with Gasteiger partial charge >= 0.3 is 0 Å². The molecule has 0 N–H and O–H groups in total. The molecule has 7 aromatic carbocycles. The van der Waals surface area contributed by atoms with Gasteiger partial charge in [-0.05, 0) is 101 Å². The van der Waals surface area contributed by atoms with E-state index in [1.54, 1.807) is 0 Å². The van der Waals surface area contributed by atoms with Crippen LogP contribution in [0, 0.1) is 0 Å². The molecule has 8 aromatic rings. The van der Waals surface area contributed by atoms with Crippen molar-refractivity contribution in [1.82, 2.24) is 9.97 Å². The van der Waals surface area contributed by atoms with Crippen molar-refractivity contribution in [1.29, 1.82) is 0 Å². The Morgan fingerprint density at radius 1 is 0.522 bits per heavy atom. The quantitative estimate of drug-likeness (QED) is 0.108. The second-order valence-corrected chi connectivity index (χ2v) is 17.7. The van der Waals surface area contributed by atoms with E-state index in [4.69, 9.17) is 15.0 Å². The summed E-state index contributed by atoms with van der Waals surface area (Å²) in [5, 5.41) is 0. The first-order valence-electron chi connectivity index (χ1n) is 23.7. The third-order valence-corrected chi connectivity index (χ3v) is 13.4. The standard InChI is InChI=1S/C63H54N4/c1-64-58(54-29-17-27-52(41-54)47-19-7-2-8-20-47)43-59(49-23-11-4-12-24-49)65-45-46-31-35-56(36-32-46)63(39-15-6-16-40-63)57-37-33-51(34-38-57)62-66-60(50-25-13-5-14-26-50)44-61(67-62)55-30-18-28-53(42-55)48-21-9-3-10-22-48/h2-3,5,7-11,13-14,17-38,41-44H,1,4,6,12,15-16,39-40,45H2/b58-43-,65-59?. The molecule has 0 saturated heterocycles. The Labute approximate surface area is 395 Å². The molecule has 1 heterocycles. The van der Waals surface area contributed by atoms with E-state index in [0.717, 1.165) is 93.3 Å². The predicted molar refractivity (Wildman–Crippen MR) is 281 cm³/mol. The lowest BCUT2D eigenvalue weighted by Crippen LogP contribution is -2.30. The number of rotatable bonds is 13. The molecule has 0 aliphatic heterocycles. The van der Waals surface area contributed by atoms with Gasteiger partial charge in [-0.2, -0.15) is 0 Å². The largest absolute Gasteiger partial charge is 0.280 e. The summed E-state index contributed by atoms with van der Waals surface area (Å²) in [6, 6.07) is 69.1. The summed E-state index contributed by atoms with van der Waals surface area (Å²) in [5.41, 5.74) is 17.3. The summed E-state index contributed by atoms with van der Waals surface area (Å²) in [4.78, 5) is 20.2. The van der Waals surface area contributed by atoms with Crippen molar-refractivity contribution in [3.8, 4) is 56.2 Å². The average Bonchev–Trinajstić information content (AvgIpc) is 3.42. The van der Waals surface area contributed by atoms with E-state index in [1.807, 2.05) is 12.1 Å². The summed E-state index contributed by atoms with van der Waals surface area (Å²) in [5.74, 6) is 0.723. The van der Waals surface area contributed by atoms with Crippen LogP contribution in [0.2, 0.25) is 0 Å². The van der Waals surface area contributed by atoms with E-state index in [2.05, 4.69) is 218 Å². The summed E-state index contributed by atoms with van der Waals surface area (Å²) in [6.07, 6.45) is 16.7. The van der Waals surface area contributed by atoms with Crippen molar-refractivity contribution < 1.29 is 0 Å². The Morgan fingerprint density at radius 2 is 1.09 bits per heavy atom. The third kappa shape index (κ3) is 9.76. The van der Waals surface area contributed by atoms with Gasteiger partial charge in [0.2, 0.25) is 0 Å². The molecule has 0 unspecified atom stereocenters. The summed E-state index contributed by atoms with van der Waals surface area (Å²) >= 11 is 0. The molecule has 1 saturated carbocycles. The first kappa shape index (κ1) is 43.1. The van der Waals surface area contributed by atoms with Crippen molar-refractivity contribution >= 4 is 18.1 Å². The fraction of sp³-hybridized carbons (Fsp3) is 0.143. The van der Waals surface area contributed by atoms with Crippen LogP contribution in [0.4, 0.5) is 0 Å². The lowest BCUT2D eigenvalue weighted by atomic mass is 9.65. The molecule has 1 fully saturated rings. The second-order valence-electron chi connectivity index (χ2n) is 17.7. The van der Waals surface area contributed by atoms with Gasteiger partial charge < -0.3 is 0 Å². The molecule has 4 nitrogen and oxygen atoms in total. The third-order valence-electron chi connectivity index (χ3n) is 13.4. The van der Waals surface area contributed by atoms with Gasteiger partial charge in [-0.25, -0.2) is 9.97 Å². The fourth-order valence-corrected chi connectivity index (χ4v) is 9.78. The van der Waals surface area contributed by atoms with E-state index in [9.17, 15) is 0 Å². The van der Waals surface area contributed by atoms with Crippen molar-refractivity contribution in [2.45, 2.75) is 56.9 Å². The zero-order valence-corrected chi connectivity index (χ0v) is 37.9. The van der Waals surface area contributed by atoms with Gasteiger partial charge in [0.15, 0.2) is 5.82 Å². The number of aliphatic imine (C=N–C) groups is 2. The zero-order chi connectivity index (χ0) is 45.3. The van der Waals surface area contributed by atoms with E-state index < -0.39 is 0 Å². The number of nitrogens with zero attached hydrogens (tertiary/aromatic N) is 4. The van der Waals surface area contributed by atoms with Gasteiger partial charge in [-0.3, -0.25) is 9.98 Å². The molecule has 0 radical (unpaired) electrons. The monoisotopic (exact) mass is 866 g/mol. The highest BCUT2D eigenvalue weighted by Crippen LogP contribution is 2.45. The maximum Gasteiger partial charge on any atom is 0.160 e. The summed E-state index contributed by atoms with van der Waals surface area (Å²) in [6.45, 7) is 4.55. The topological polar surface area (TPSA) is 50.5 Å². The molecule has 2 aliphatic rings. The SMILES string of the molecule is C=N/C(=C\C(=NCc1ccc(C2(c3ccc(-c4nc(-c5ccccc5)cc(-c5cccc(-c6ccccc6)c5)n4)cc3)CCCCC2)cc1)C1=CCCC=C1)c1cccc(-c2ccccc2)c1. The molecular formula is C63H54N4. The lowest BCUT2D eigenvalue weighted by Gasteiger charge is -2.39.